The molecule has 0 saturated heterocycles. The third-order valence-corrected chi connectivity index (χ3v) is 5.01. The maximum Gasteiger partial charge on any atom is 0.260 e. The van der Waals surface area contributed by atoms with Gasteiger partial charge in [-0.25, -0.2) is 4.98 Å². The number of halogens is 1. The molecule has 1 aromatic heterocycles. The SMILES string of the molecule is NC(=O)c1cnc(NC(=O)C2(c3ccc(Br)cc3)CC2)s1. The van der Waals surface area contributed by atoms with Crippen LogP contribution in [0.25, 0.3) is 0 Å². The van der Waals surface area contributed by atoms with Crippen molar-refractivity contribution >= 4 is 44.2 Å². The Labute approximate surface area is 133 Å². The lowest BCUT2D eigenvalue weighted by Crippen LogP contribution is -2.27. The van der Waals surface area contributed by atoms with E-state index >= 15 is 0 Å². The highest BCUT2D eigenvalue weighted by Gasteiger charge is 2.51. The molecule has 1 saturated carbocycles. The minimum atomic E-state index is -0.540. The Morgan fingerprint density at radius 1 is 1.29 bits per heavy atom. The number of primary amides is 1. The van der Waals surface area contributed by atoms with Gasteiger partial charge in [-0.2, -0.15) is 0 Å². The molecule has 3 N–H and O–H groups in total. The van der Waals surface area contributed by atoms with Gasteiger partial charge in [-0.15, -0.1) is 0 Å². The molecule has 21 heavy (non-hydrogen) atoms. The highest BCUT2D eigenvalue weighted by molar-refractivity contribution is 9.10. The topological polar surface area (TPSA) is 85.1 Å². The van der Waals surface area contributed by atoms with Gasteiger partial charge in [0.2, 0.25) is 5.91 Å². The van der Waals surface area contributed by atoms with Crippen LogP contribution in [0.3, 0.4) is 0 Å². The van der Waals surface area contributed by atoms with Gasteiger partial charge in [0.15, 0.2) is 5.13 Å². The second-order valence-corrected chi connectivity index (χ2v) is 6.88. The van der Waals surface area contributed by atoms with Gasteiger partial charge >= 0.3 is 0 Å². The monoisotopic (exact) mass is 365 g/mol. The predicted molar refractivity (Wildman–Crippen MR) is 84.3 cm³/mol. The van der Waals surface area contributed by atoms with Gasteiger partial charge in [0.25, 0.3) is 5.91 Å². The predicted octanol–water partition coefficient (Wildman–Crippen LogP) is 2.67. The smallest absolute Gasteiger partial charge is 0.260 e. The summed E-state index contributed by atoms with van der Waals surface area (Å²) in [5.74, 6) is -0.628. The van der Waals surface area contributed by atoms with Gasteiger partial charge in [-0.3, -0.25) is 9.59 Å². The molecule has 0 atom stereocenters. The molecule has 2 aromatic rings. The van der Waals surface area contributed by atoms with Crippen LogP contribution in [0.5, 0.6) is 0 Å². The quantitative estimate of drug-likeness (QED) is 0.873. The molecule has 1 aromatic carbocycles. The summed E-state index contributed by atoms with van der Waals surface area (Å²) < 4.78 is 0.980. The normalized spacial score (nSPS) is 15.5. The van der Waals surface area contributed by atoms with Crippen LogP contribution in [-0.2, 0) is 10.2 Å². The molecule has 3 rings (SSSR count). The molecule has 1 heterocycles. The van der Waals surface area contributed by atoms with Crippen molar-refractivity contribution < 1.29 is 9.59 Å². The lowest BCUT2D eigenvalue weighted by molar-refractivity contribution is -0.118. The molecule has 5 nitrogen and oxygen atoms in total. The van der Waals surface area contributed by atoms with Crippen molar-refractivity contribution in [1.29, 1.82) is 0 Å². The van der Waals surface area contributed by atoms with Crippen molar-refractivity contribution in [2.75, 3.05) is 5.32 Å². The summed E-state index contributed by atoms with van der Waals surface area (Å²) >= 11 is 4.47. The van der Waals surface area contributed by atoms with Crippen LogP contribution < -0.4 is 11.1 Å². The lowest BCUT2D eigenvalue weighted by atomic mass is 9.95. The minimum Gasteiger partial charge on any atom is -0.365 e. The van der Waals surface area contributed by atoms with Crippen molar-refractivity contribution in [3.8, 4) is 0 Å². The summed E-state index contributed by atoms with van der Waals surface area (Å²) in [4.78, 5) is 27.9. The Morgan fingerprint density at radius 3 is 2.48 bits per heavy atom. The number of thiazole rings is 1. The van der Waals surface area contributed by atoms with E-state index in [0.717, 1.165) is 34.2 Å². The number of amides is 2. The van der Waals surface area contributed by atoms with E-state index < -0.39 is 11.3 Å². The molecule has 1 aliphatic rings. The largest absolute Gasteiger partial charge is 0.365 e. The first-order valence-corrected chi connectivity index (χ1v) is 7.95. The zero-order chi connectivity index (χ0) is 15.0. The van der Waals surface area contributed by atoms with Crippen molar-refractivity contribution in [2.45, 2.75) is 18.3 Å². The summed E-state index contributed by atoms with van der Waals surface area (Å²) in [6, 6.07) is 7.76. The average molecular weight is 366 g/mol. The molecule has 7 heteroatoms. The summed E-state index contributed by atoms with van der Waals surface area (Å²) in [7, 11) is 0. The van der Waals surface area contributed by atoms with Crippen LogP contribution in [0, 0.1) is 0 Å². The molecular weight excluding hydrogens is 354 g/mol. The lowest BCUT2D eigenvalue weighted by Gasteiger charge is -2.14. The third kappa shape index (κ3) is 2.71. The first-order chi connectivity index (χ1) is 10.0. The van der Waals surface area contributed by atoms with E-state index in [4.69, 9.17) is 5.73 Å². The van der Waals surface area contributed by atoms with E-state index in [1.807, 2.05) is 24.3 Å². The van der Waals surface area contributed by atoms with E-state index in [-0.39, 0.29) is 5.91 Å². The molecule has 1 aliphatic carbocycles. The maximum absolute atomic E-state index is 12.5. The Morgan fingerprint density at radius 2 is 1.95 bits per heavy atom. The van der Waals surface area contributed by atoms with Crippen molar-refractivity contribution in [3.05, 3.63) is 45.4 Å². The Bertz CT molecular complexity index is 707. The first-order valence-electron chi connectivity index (χ1n) is 6.34. The molecule has 0 aliphatic heterocycles. The molecule has 0 spiro atoms. The van der Waals surface area contributed by atoms with Crippen LogP contribution in [-0.4, -0.2) is 16.8 Å². The average Bonchev–Trinajstić information content (AvgIpc) is 3.13. The summed E-state index contributed by atoms with van der Waals surface area (Å²) in [5.41, 5.74) is 5.70. The second-order valence-electron chi connectivity index (χ2n) is 4.94. The fourth-order valence-corrected chi connectivity index (χ4v) is 3.13. The minimum absolute atomic E-state index is 0.0878. The van der Waals surface area contributed by atoms with Crippen LogP contribution in [0.1, 0.15) is 28.1 Å². The fourth-order valence-electron chi connectivity index (χ4n) is 2.20. The number of carbonyl (C=O) groups excluding carboxylic acids is 2. The summed E-state index contributed by atoms with van der Waals surface area (Å²) in [6.45, 7) is 0. The Kier molecular flexibility index (Phi) is 3.54. The van der Waals surface area contributed by atoms with E-state index in [9.17, 15) is 9.59 Å². The number of rotatable bonds is 4. The number of carbonyl (C=O) groups is 2. The molecule has 0 bridgehead atoms. The highest BCUT2D eigenvalue weighted by atomic mass is 79.9. The first kappa shape index (κ1) is 14.2. The number of anilines is 1. The summed E-state index contributed by atoms with van der Waals surface area (Å²) in [5, 5.41) is 3.18. The van der Waals surface area contributed by atoms with Crippen molar-refractivity contribution in [3.63, 3.8) is 0 Å². The second kappa shape index (κ2) is 5.23. The Hall–Kier alpha value is -1.73. The fraction of sp³-hybridized carbons (Fsp3) is 0.214. The van der Waals surface area contributed by atoms with Crippen molar-refractivity contribution in [2.24, 2.45) is 5.73 Å². The zero-order valence-electron chi connectivity index (χ0n) is 10.9. The van der Waals surface area contributed by atoms with Gasteiger partial charge in [-0.1, -0.05) is 39.4 Å². The van der Waals surface area contributed by atoms with Gasteiger partial charge in [-0.05, 0) is 30.5 Å². The van der Waals surface area contributed by atoms with E-state index in [2.05, 4.69) is 26.2 Å². The summed E-state index contributed by atoms with van der Waals surface area (Å²) in [6.07, 6.45) is 3.00. The third-order valence-electron chi connectivity index (χ3n) is 3.55. The van der Waals surface area contributed by atoms with Gasteiger partial charge < -0.3 is 11.1 Å². The molecule has 108 valence electrons. The Balaban J connectivity index is 1.78. The van der Waals surface area contributed by atoms with Gasteiger partial charge in [0.05, 0.1) is 11.6 Å². The zero-order valence-corrected chi connectivity index (χ0v) is 13.3. The van der Waals surface area contributed by atoms with Crippen LogP contribution >= 0.6 is 27.3 Å². The molecule has 0 radical (unpaired) electrons. The number of nitrogens with one attached hydrogen (secondary N) is 1. The highest BCUT2D eigenvalue weighted by Crippen LogP contribution is 2.49. The standard InChI is InChI=1S/C14H12BrN3O2S/c15-9-3-1-8(2-4-9)14(5-6-14)12(20)18-13-17-7-10(21-13)11(16)19/h1-4,7H,5-6H2,(H2,16,19)(H,17,18,20). The van der Waals surface area contributed by atoms with Crippen LogP contribution in [0.2, 0.25) is 0 Å². The number of nitrogens with two attached hydrogens (primary N) is 1. The number of aromatic nitrogens is 1. The number of hydrogen-bond acceptors (Lipinski definition) is 4. The van der Waals surface area contributed by atoms with Gasteiger partial charge in [0, 0.05) is 4.47 Å². The van der Waals surface area contributed by atoms with Crippen LogP contribution in [0.4, 0.5) is 5.13 Å². The maximum atomic E-state index is 12.5. The van der Waals surface area contributed by atoms with E-state index in [0.29, 0.717) is 10.0 Å². The van der Waals surface area contributed by atoms with E-state index in [1.54, 1.807) is 0 Å². The van der Waals surface area contributed by atoms with Crippen LogP contribution in [0.15, 0.2) is 34.9 Å². The molecule has 2 amide bonds. The van der Waals surface area contributed by atoms with Gasteiger partial charge in [0.1, 0.15) is 4.88 Å². The number of benzene rings is 1. The molecular formula is C14H12BrN3O2S. The molecule has 0 unspecified atom stereocenters. The van der Waals surface area contributed by atoms with E-state index in [1.165, 1.54) is 6.20 Å². The molecule has 1 fully saturated rings. The van der Waals surface area contributed by atoms with Crippen molar-refractivity contribution in [1.82, 2.24) is 4.98 Å². The number of hydrogen-bond donors (Lipinski definition) is 2. The number of nitrogens with zero attached hydrogens (tertiary/aromatic N) is 1.